The first-order valence-corrected chi connectivity index (χ1v) is 14.0. The molecule has 1 spiro atoms. The van der Waals surface area contributed by atoms with Gasteiger partial charge in [0, 0.05) is 17.7 Å². The number of thiocarbonyl (C=S) groups is 1. The molecule has 0 aromatic heterocycles. The van der Waals surface area contributed by atoms with Crippen molar-refractivity contribution in [2.45, 2.75) is 51.0 Å². The molecule has 1 saturated carbocycles. The Morgan fingerprint density at radius 3 is 2.45 bits per heavy atom. The van der Waals surface area contributed by atoms with Crippen molar-refractivity contribution in [3.05, 3.63) is 78.4 Å². The molecule has 1 fully saturated rings. The smallest absolute Gasteiger partial charge is 0.344 e. The maximum Gasteiger partial charge on any atom is 0.344 e. The van der Waals surface area contributed by atoms with E-state index in [1.54, 1.807) is 6.92 Å². The van der Waals surface area contributed by atoms with Crippen LogP contribution in [0.15, 0.2) is 77.9 Å². The molecule has 2 N–H and O–H groups in total. The minimum absolute atomic E-state index is 0.161. The molecule has 0 radical (unpaired) electrons. The molecule has 3 aromatic carbocycles. The fourth-order valence-corrected chi connectivity index (χ4v) is 5.17. The van der Waals surface area contributed by atoms with Gasteiger partial charge < -0.3 is 24.3 Å². The first kappa shape index (κ1) is 27.5. The summed E-state index contributed by atoms with van der Waals surface area (Å²) in [6.07, 6.45) is 6.08. The highest BCUT2D eigenvalue weighted by atomic mass is 32.1. The van der Waals surface area contributed by atoms with Crippen LogP contribution in [0.25, 0.3) is 0 Å². The quantitative estimate of drug-likeness (QED) is 0.181. The molecule has 3 aromatic rings. The van der Waals surface area contributed by atoms with Gasteiger partial charge in [-0.15, -0.1) is 0 Å². The second kappa shape index (κ2) is 12.8. The Bertz CT molecular complexity index is 1360. The van der Waals surface area contributed by atoms with E-state index in [0.717, 1.165) is 59.9 Å². The summed E-state index contributed by atoms with van der Waals surface area (Å²) < 4.78 is 23.0. The van der Waals surface area contributed by atoms with Crippen molar-refractivity contribution in [1.29, 1.82) is 0 Å². The van der Waals surface area contributed by atoms with Crippen molar-refractivity contribution in [3.8, 4) is 23.0 Å². The van der Waals surface area contributed by atoms with Gasteiger partial charge in [0.15, 0.2) is 11.7 Å². The zero-order valence-corrected chi connectivity index (χ0v) is 23.3. The number of ether oxygens (including phenoxy) is 4. The van der Waals surface area contributed by atoms with Gasteiger partial charge in [-0.2, -0.15) is 5.10 Å². The molecule has 0 atom stereocenters. The average molecular weight is 560 g/mol. The van der Waals surface area contributed by atoms with Crippen molar-refractivity contribution in [1.82, 2.24) is 5.43 Å². The number of nitrogens with zero attached hydrogens (tertiary/aromatic N) is 1. The molecule has 0 unspecified atom stereocenters. The molecule has 0 saturated heterocycles. The molecule has 208 valence electrons. The Balaban J connectivity index is 1.28. The van der Waals surface area contributed by atoms with Crippen LogP contribution in [0.5, 0.6) is 23.0 Å². The molecule has 5 rings (SSSR count). The lowest BCUT2D eigenvalue weighted by molar-refractivity contribution is -0.145. The van der Waals surface area contributed by atoms with Gasteiger partial charge in [-0.1, -0.05) is 24.6 Å². The summed E-state index contributed by atoms with van der Waals surface area (Å²) >= 11 is 5.54. The summed E-state index contributed by atoms with van der Waals surface area (Å²) in [5.41, 5.74) is 5.19. The Morgan fingerprint density at radius 2 is 1.70 bits per heavy atom. The Morgan fingerprint density at radius 1 is 0.975 bits per heavy atom. The molecule has 9 heteroatoms. The van der Waals surface area contributed by atoms with Crippen LogP contribution in [0.2, 0.25) is 0 Å². The lowest BCUT2D eigenvalue weighted by Crippen LogP contribution is -2.44. The molecule has 0 bridgehead atoms. The van der Waals surface area contributed by atoms with Crippen LogP contribution in [0.3, 0.4) is 0 Å². The zero-order chi connectivity index (χ0) is 27.8. The molecule has 1 aliphatic heterocycles. The normalized spacial score (nSPS) is 16.4. The van der Waals surface area contributed by atoms with Gasteiger partial charge >= 0.3 is 5.97 Å². The molecular formula is C31H33N3O5S. The molecule has 2 aliphatic rings. The highest BCUT2D eigenvalue weighted by Crippen LogP contribution is 2.43. The van der Waals surface area contributed by atoms with Gasteiger partial charge in [-0.25, -0.2) is 4.79 Å². The average Bonchev–Trinajstić information content (AvgIpc) is 2.97. The van der Waals surface area contributed by atoms with Crippen LogP contribution in [0.4, 0.5) is 5.69 Å². The minimum Gasteiger partial charge on any atom is -0.486 e. The van der Waals surface area contributed by atoms with E-state index >= 15 is 0 Å². The van der Waals surface area contributed by atoms with Gasteiger partial charge in [0.25, 0.3) is 0 Å². The fourth-order valence-electron chi connectivity index (χ4n) is 5.01. The molecule has 1 aliphatic carbocycles. The summed E-state index contributed by atoms with van der Waals surface area (Å²) in [5.74, 6) is 2.39. The first-order valence-electron chi connectivity index (χ1n) is 13.6. The number of hydrogen-bond acceptors (Lipinski definition) is 7. The van der Waals surface area contributed by atoms with Crippen LogP contribution in [-0.2, 0) is 9.53 Å². The van der Waals surface area contributed by atoms with Crippen LogP contribution < -0.4 is 25.0 Å². The van der Waals surface area contributed by atoms with Crippen molar-refractivity contribution in [2.75, 3.05) is 18.5 Å². The van der Waals surface area contributed by atoms with E-state index in [1.807, 2.05) is 72.8 Å². The summed E-state index contributed by atoms with van der Waals surface area (Å²) in [7, 11) is 0. The number of nitrogens with one attached hydrogen (secondary N) is 2. The summed E-state index contributed by atoms with van der Waals surface area (Å²) in [6, 6.07) is 22.7. The van der Waals surface area contributed by atoms with Crippen molar-refractivity contribution >= 4 is 34.7 Å². The Labute approximate surface area is 239 Å². The number of hydrogen-bond donors (Lipinski definition) is 2. The highest BCUT2D eigenvalue weighted by Gasteiger charge is 2.40. The number of hydrazone groups is 1. The van der Waals surface area contributed by atoms with E-state index < -0.39 is 5.97 Å². The van der Waals surface area contributed by atoms with Crippen LogP contribution in [0.1, 0.15) is 51.0 Å². The van der Waals surface area contributed by atoms with Gasteiger partial charge in [0.1, 0.15) is 28.6 Å². The van der Waals surface area contributed by atoms with Crippen molar-refractivity contribution < 1.29 is 23.7 Å². The second-order valence-corrected chi connectivity index (χ2v) is 10.2. The molecule has 0 amide bonds. The highest BCUT2D eigenvalue weighted by molar-refractivity contribution is 7.80. The Hall–Kier alpha value is -4.11. The predicted molar refractivity (Wildman–Crippen MR) is 158 cm³/mol. The second-order valence-electron chi connectivity index (χ2n) is 9.84. The monoisotopic (exact) mass is 559 g/mol. The fraction of sp³-hybridized carbons (Fsp3) is 0.323. The Kier molecular flexibility index (Phi) is 8.81. The van der Waals surface area contributed by atoms with Gasteiger partial charge in [-0.3, -0.25) is 5.43 Å². The van der Waals surface area contributed by atoms with Crippen LogP contribution in [0, 0.1) is 0 Å². The topological polar surface area (TPSA) is 90.4 Å². The van der Waals surface area contributed by atoms with Crippen LogP contribution in [-0.4, -0.2) is 35.6 Å². The predicted octanol–water partition coefficient (Wildman–Crippen LogP) is 6.60. The number of benzene rings is 3. The first-order chi connectivity index (χ1) is 19.5. The molecule has 40 heavy (non-hydrogen) atoms. The van der Waals surface area contributed by atoms with Gasteiger partial charge in [-0.05, 0) is 99.4 Å². The lowest BCUT2D eigenvalue weighted by Gasteiger charge is -2.41. The number of esters is 1. The molecule has 8 nitrogen and oxygen atoms in total. The van der Waals surface area contributed by atoms with Crippen LogP contribution >= 0.6 is 12.2 Å². The maximum atomic E-state index is 11.8. The van der Waals surface area contributed by atoms with Gasteiger partial charge in [0.2, 0.25) is 0 Å². The third kappa shape index (κ3) is 7.09. The van der Waals surface area contributed by atoms with E-state index in [0.29, 0.717) is 23.9 Å². The number of carbonyl (C=O) groups is 1. The SMILES string of the molecule is CCOC(=O)COc1ccc2c(c1)/C(=N/NC(=S)Nc1ccc(Oc3ccccc3)cc1)CC1(CCCCC1)O2. The van der Waals surface area contributed by atoms with E-state index in [9.17, 15) is 4.79 Å². The number of para-hydroxylation sites is 1. The van der Waals surface area contributed by atoms with E-state index in [4.69, 9.17) is 36.3 Å². The maximum absolute atomic E-state index is 11.8. The summed E-state index contributed by atoms with van der Waals surface area (Å²) in [6.45, 7) is 1.91. The molecule has 1 heterocycles. The number of rotatable bonds is 8. The van der Waals surface area contributed by atoms with Gasteiger partial charge in [0.05, 0.1) is 12.3 Å². The minimum atomic E-state index is -0.413. The third-order valence-corrected chi connectivity index (χ3v) is 7.08. The number of carbonyl (C=O) groups excluding carboxylic acids is 1. The molecular weight excluding hydrogens is 526 g/mol. The van der Waals surface area contributed by atoms with Crippen molar-refractivity contribution in [2.24, 2.45) is 5.10 Å². The number of fused-ring (bicyclic) bond motifs is 1. The van der Waals surface area contributed by atoms with Crippen molar-refractivity contribution in [3.63, 3.8) is 0 Å². The lowest BCUT2D eigenvalue weighted by atomic mass is 9.78. The van der Waals surface area contributed by atoms with E-state index in [1.165, 1.54) is 6.42 Å². The zero-order valence-electron chi connectivity index (χ0n) is 22.5. The third-order valence-electron chi connectivity index (χ3n) is 6.89. The summed E-state index contributed by atoms with van der Waals surface area (Å²) in [4.78, 5) is 11.8. The van der Waals surface area contributed by atoms with E-state index in [-0.39, 0.29) is 12.2 Å². The largest absolute Gasteiger partial charge is 0.486 e. The van der Waals surface area contributed by atoms with E-state index in [2.05, 4.69) is 10.7 Å². The standard InChI is InChI=1S/C31H33N3O5S/c1-2-36-29(35)21-37-25-15-16-28-26(19-25)27(20-31(39-28)17-7-4-8-18-31)33-34-30(40)32-22-11-13-24(14-12-22)38-23-9-5-3-6-10-23/h3,5-6,9-16,19H,2,4,7-8,17-18,20-21H2,1H3,(H2,32,34,40)/b33-27+. The summed E-state index contributed by atoms with van der Waals surface area (Å²) in [5, 5.41) is 8.26. The number of anilines is 1.